The van der Waals surface area contributed by atoms with E-state index >= 15 is 0 Å². The second kappa shape index (κ2) is 13.8. The number of benzene rings is 5. The van der Waals surface area contributed by atoms with E-state index in [1.54, 1.807) is 0 Å². The van der Waals surface area contributed by atoms with Crippen molar-refractivity contribution in [2.75, 3.05) is 0 Å². The van der Waals surface area contributed by atoms with Crippen molar-refractivity contribution in [1.82, 2.24) is 15.0 Å². The van der Waals surface area contributed by atoms with Crippen molar-refractivity contribution in [3.8, 4) is 67.4 Å². The van der Waals surface area contributed by atoms with Gasteiger partial charge >= 0.3 is 0 Å². The molecule has 0 atom stereocenters. The Morgan fingerprint density at radius 2 is 0.808 bits per heavy atom. The predicted molar refractivity (Wildman–Crippen MR) is 219 cm³/mol. The lowest BCUT2D eigenvalue weighted by atomic mass is 9.86. The zero-order valence-electron chi connectivity index (χ0n) is 31.6. The molecule has 0 spiro atoms. The van der Waals surface area contributed by atoms with E-state index in [2.05, 4.69) is 189 Å². The Hall–Kier alpha value is -5.67. The van der Waals surface area contributed by atoms with Crippen LogP contribution in [0.15, 0.2) is 140 Å². The zero-order chi connectivity index (χ0) is 36.6. The lowest BCUT2D eigenvalue weighted by molar-refractivity contribution is 0.590. The number of hydrogen-bond acceptors (Lipinski definition) is 3. The number of aryl methyl sites for hydroxylation is 2. The molecule has 0 aliphatic carbocycles. The number of rotatable bonds is 6. The summed E-state index contributed by atoms with van der Waals surface area (Å²) in [5.41, 5.74) is 16.9. The molecule has 0 saturated carbocycles. The minimum Gasteiger partial charge on any atom is -0.255 e. The lowest BCUT2D eigenvalue weighted by Gasteiger charge is -2.19. The topological polar surface area (TPSA) is 38.7 Å². The van der Waals surface area contributed by atoms with Crippen LogP contribution < -0.4 is 0 Å². The maximum absolute atomic E-state index is 5.09. The van der Waals surface area contributed by atoms with Gasteiger partial charge in [0.2, 0.25) is 0 Å². The Kier molecular flexibility index (Phi) is 9.23. The molecule has 52 heavy (non-hydrogen) atoms. The fraction of sp³-hybridized carbons (Fsp3) is 0.204. The van der Waals surface area contributed by atoms with E-state index in [1.165, 1.54) is 44.5 Å². The Labute approximate surface area is 309 Å². The minimum absolute atomic E-state index is 0.0775. The highest BCUT2D eigenvalue weighted by Crippen LogP contribution is 2.35. The van der Waals surface area contributed by atoms with Crippen LogP contribution in [0.1, 0.15) is 63.8 Å². The van der Waals surface area contributed by atoms with E-state index < -0.39 is 0 Å². The van der Waals surface area contributed by atoms with Crippen molar-refractivity contribution in [2.45, 2.75) is 66.2 Å². The molecule has 0 amide bonds. The molecule has 2 aromatic heterocycles. The summed E-state index contributed by atoms with van der Waals surface area (Å²) in [5, 5.41) is 0. The van der Waals surface area contributed by atoms with Gasteiger partial charge in [-0.05, 0) is 76.3 Å². The maximum Gasteiger partial charge on any atom is 0.161 e. The Morgan fingerprint density at radius 3 is 1.27 bits per heavy atom. The van der Waals surface area contributed by atoms with Crippen molar-refractivity contribution in [2.24, 2.45) is 0 Å². The van der Waals surface area contributed by atoms with Gasteiger partial charge in [0.25, 0.3) is 0 Å². The maximum atomic E-state index is 5.09. The molecule has 7 rings (SSSR count). The standard InChI is InChI=1S/C49H47N3/c1-32-27-33(2)29-39(28-32)43-12-10-9-11-42(43)34-13-15-35(16-14-34)44-26-21-38(31-50-44)47-51-45(36-17-22-40(23-18-36)48(3,4)5)30-46(52-47)37-19-24-41(25-20-37)49(6,7)8/h9-31H,1-8H3. The molecule has 2 heterocycles. The van der Waals surface area contributed by atoms with Crippen LogP contribution in [0.5, 0.6) is 0 Å². The van der Waals surface area contributed by atoms with Gasteiger partial charge in [-0.15, -0.1) is 0 Å². The number of pyridine rings is 1. The van der Waals surface area contributed by atoms with Gasteiger partial charge in [-0.3, -0.25) is 4.98 Å². The molecule has 0 saturated heterocycles. The van der Waals surface area contributed by atoms with Gasteiger partial charge in [0.1, 0.15) is 0 Å². The van der Waals surface area contributed by atoms with E-state index in [4.69, 9.17) is 15.0 Å². The molecule has 3 heteroatoms. The highest BCUT2D eigenvalue weighted by molar-refractivity contribution is 5.84. The van der Waals surface area contributed by atoms with Crippen LogP contribution in [-0.2, 0) is 10.8 Å². The van der Waals surface area contributed by atoms with E-state index in [1.807, 2.05) is 6.20 Å². The first kappa shape index (κ1) is 34.8. The van der Waals surface area contributed by atoms with Crippen LogP contribution in [0.25, 0.3) is 67.4 Å². The molecule has 258 valence electrons. The summed E-state index contributed by atoms with van der Waals surface area (Å²) in [6.07, 6.45) is 1.90. The summed E-state index contributed by atoms with van der Waals surface area (Å²) in [4.78, 5) is 15.1. The highest BCUT2D eigenvalue weighted by Gasteiger charge is 2.17. The Balaban J connectivity index is 1.21. The Bertz CT molecular complexity index is 2240. The second-order valence-corrected chi connectivity index (χ2v) is 16.0. The smallest absolute Gasteiger partial charge is 0.161 e. The van der Waals surface area contributed by atoms with Crippen LogP contribution in [-0.4, -0.2) is 15.0 Å². The van der Waals surface area contributed by atoms with Gasteiger partial charge in [0.15, 0.2) is 5.82 Å². The minimum atomic E-state index is 0.0775. The van der Waals surface area contributed by atoms with Crippen LogP contribution in [0.3, 0.4) is 0 Å². The molecule has 0 N–H and O–H groups in total. The lowest BCUT2D eigenvalue weighted by Crippen LogP contribution is -2.10. The van der Waals surface area contributed by atoms with Crippen molar-refractivity contribution in [1.29, 1.82) is 0 Å². The summed E-state index contributed by atoms with van der Waals surface area (Å²) < 4.78 is 0. The van der Waals surface area contributed by atoms with Gasteiger partial charge in [-0.25, -0.2) is 9.97 Å². The molecule has 7 aromatic rings. The third-order valence-electron chi connectivity index (χ3n) is 9.79. The van der Waals surface area contributed by atoms with Crippen LogP contribution in [0, 0.1) is 13.8 Å². The van der Waals surface area contributed by atoms with Crippen molar-refractivity contribution in [3.63, 3.8) is 0 Å². The zero-order valence-corrected chi connectivity index (χ0v) is 31.6. The number of hydrogen-bond donors (Lipinski definition) is 0. The quantitative estimate of drug-likeness (QED) is 0.176. The summed E-state index contributed by atoms with van der Waals surface area (Å²) in [5.74, 6) is 0.657. The predicted octanol–water partition coefficient (Wildman–Crippen LogP) is 13.1. The molecule has 5 aromatic carbocycles. The average Bonchev–Trinajstić information content (AvgIpc) is 3.14. The third-order valence-corrected chi connectivity index (χ3v) is 9.79. The van der Waals surface area contributed by atoms with Gasteiger partial charge in [0.05, 0.1) is 17.1 Å². The summed E-state index contributed by atoms with van der Waals surface area (Å²) >= 11 is 0. The number of nitrogens with zero attached hydrogens (tertiary/aromatic N) is 3. The van der Waals surface area contributed by atoms with Gasteiger partial charge in [-0.2, -0.15) is 0 Å². The molecule has 0 bridgehead atoms. The van der Waals surface area contributed by atoms with Gasteiger partial charge < -0.3 is 0 Å². The van der Waals surface area contributed by atoms with Crippen molar-refractivity contribution < 1.29 is 0 Å². The van der Waals surface area contributed by atoms with Gasteiger partial charge in [0, 0.05) is 28.5 Å². The van der Waals surface area contributed by atoms with E-state index in [0.29, 0.717) is 5.82 Å². The SMILES string of the molecule is Cc1cc(C)cc(-c2ccccc2-c2ccc(-c3ccc(-c4nc(-c5ccc(C(C)(C)C)cc5)cc(-c5ccc(C(C)(C)C)cc5)n4)cn3)cc2)c1. The largest absolute Gasteiger partial charge is 0.255 e. The summed E-state index contributed by atoms with van der Waals surface area (Å²) in [6.45, 7) is 17.7. The first-order valence-corrected chi connectivity index (χ1v) is 18.2. The van der Waals surface area contributed by atoms with E-state index in [-0.39, 0.29) is 10.8 Å². The first-order chi connectivity index (χ1) is 24.8. The molecule has 3 nitrogen and oxygen atoms in total. The normalized spacial score (nSPS) is 11.8. The highest BCUT2D eigenvalue weighted by atomic mass is 14.9. The molecular formula is C49H47N3. The molecule has 0 fully saturated rings. The van der Waals surface area contributed by atoms with Crippen LogP contribution >= 0.6 is 0 Å². The molecule has 0 unspecified atom stereocenters. The van der Waals surface area contributed by atoms with Crippen LogP contribution in [0.4, 0.5) is 0 Å². The van der Waals surface area contributed by atoms with Gasteiger partial charge in [-0.1, -0.05) is 168 Å². The van der Waals surface area contributed by atoms with E-state index in [0.717, 1.165) is 39.3 Å². The Morgan fingerprint density at radius 1 is 0.385 bits per heavy atom. The molecule has 0 radical (unpaired) electrons. The summed E-state index contributed by atoms with van der Waals surface area (Å²) in [7, 11) is 0. The first-order valence-electron chi connectivity index (χ1n) is 18.2. The second-order valence-electron chi connectivity index (χ2n) is 16.0. The fourth-order valence-electron chi connectivity index (χ4n) is 6.79. The fourth-order valence-corrected chi connectivity index (χ4v) is 6.79. The van der Waals surface area contributed by atoms with Crippen molar-refractivity contribution >= 4 is 0 Å². The van der Waals surface area contributed by atoms with Crippen LogP contribution in [0.2, 0.25) is 0 Å². The monoisotopic (exact) mass is 677 g/mol. The third kappa shape index (κ3) is 7.50. The van der Waals surface area contributed by atoms with E-state index in [9.17, 15) is 0 Å². The average molecular weight is 678 g/mol. The number of aromatic nitrogens is 3. The molecular weight excluding hydrogens is 631 g/mol. The molecule has 0 aliphatic rings. The van der Waals surface area contributed by atoms with Crippen molar-refractivity contribution in [3.05, 3.63) is 162 Å². The molecule has 0 aliphatic heterocycles. The summed E-state index contributed by atoms with van der Waals surface area (Å²) in [6, 6.07) is 47.9.